The largest absolute Gasteiger partial charge is 0.343 e. The molecule has 0 saturated heterocycles. The Bertz CT molecular complexity index is 744. The molecule has 0 aliphatic carbocycles. The number of hydrogen-bond donors (Lipinski definition) is 2. The van der Waals surface area contributed by atoms with E-state index in [0.717, 1.165) is 15.6 Å². The van der Waals surface area contributed by atoms with Gasteiger partial charge in [0.05, 0.1) is 12.8 Å². The van der Waals surface area contributed by atoms with Crippen LogP contribution < -0.4 is 10.7 Å². The second-order valence-corrected chi connectivity index (χ2v) is 5.76. The second kappa shape index (κ2) is 8.24. The zero-order chi connectivity index (χ0) is 16.7. The minimum atomic E-state index is -0.391. The van der Waals surface area contributed by atoms with E-state index in [0.29, 0.717) is 5.56 Å². The summed E-state index contributed by atoms with van der Waals surface area (Å²) < 4.78 is 0.929. The van der Waals surface area contributed by atoms with Gasteiger partial charge in [-0.2, -0.15) is 5.10 Å². The molecule has 0 saturated carbocycles. The standard InChI is InChI=1S/C17H16BrN3O2/c1-12-5-2-3-8-15(12)17(23)19-11-16(22)21-20-10-13-6-4-7-14(18)9-13/h2-10H,11H2,1H3,(H,19,23)(H,21,22). The fourth-order valence-electron chi connectivity index (χ4n) is 1.89. The van der Waals surface area contributed by atoms with Crippen LogP contribution in [0.25, 0.3) is 0 Å². The summed E-state index contributed by atoms with van der Waals surface area (Å²) in [4.78, 5) is 23.6. The Morgan fingerprint density at radius 3 is 2.70 bits per heavy atom. The maximum Gasteiger partial charge on any atom is 0.259 e. The average Bonchev–Trinajstić information content (AvgIpc) is 2.53. The van der Waals surface area contributed by atoms with Gasteiger partial charge in [-0.1, -0.05) is 46.3 Å². The third kappa shape index (κ3) is 5.34. The summed E-state index contributed by atoms with van der Waals surface area (Å²) in [6, 6.07) is 14.7. The Labute approximate surface area is 142 Å². The number of rotatable bonds is 5. The number of hydrogen-bond acceptors (Lipinski definition) is 3. The minimum absolute atomic E-state index is 0.136. The molecule has 0 fully saturated rings. The maximum absolute atomic E-state index is 12.0. The number of hydrazone groups is 1. The van der Waals surface area contributed by atoms with Gasteiger partial charge in [-0.05, 0) is 36.2 Å². The summed E-state index contributed by atoms with van der Waals surface area (Å²) in [5, 5.41) is 6.42. The molecule has 0 aliphatic rings. The first-order chi connectivity index (χ1) is 11.1. The second-order valence-electron chi connectivity index (χ2n) is 4.85. The Morgan fingerprint density at radius 2 is 1.96 bits per heavy atom. The Balaban J connectivity index is 1.81. The molecule has 0 aromatic heterocycles. The smallest absolute Gasteiger partial charge is 0.259 e. The summed E-state index contributed by atoms with van der Waals surface area (Å²) in [6.07, 6.45) is 1.53. The maximum atomic E-state index is 12.0. The third-order valence-electron chi connectivity index (χ3n) is 3.05. The minimum Gasteiger partial charge on any atom is -0.343 e. The number of halogens is 1. The first kappa shape index (κ1) is 16.9. The van der Waals surface area contributed by atoms with Gasteiger partial charge >= 0.3 is 0 Å². The number of carbonyl (C=O) groups is 2. The number of nitrogens with one attached hydrogen (secondary N) is 2. The molecule has 23 heavy (non-hydrogen) atoms. The molecule has 118 valence electrons. The number of aryl methyl sites for hydroxylation is 1. The van der Waals surface area contributed by atoms with Crippen LogP contribution in [0.3, 0.4) is 0 Å². The SMILES string of the molecule is Cc1ccccc1C(=O)NCC(=O)NN=Cc1cccc(Br)c1. The van der Waals surface area contributed by atoms with E-state index >= 15 is 0 Å². The van der Waals surface area contributed by atoms with Gasteiger partial charge in [0.25, 0.3) is 11.8 Å². The molecule has 0 bridgehead atoms. The average molecular weight is 374 g/mol. The highest BCUT2D eigenvalue weighted by atomic mass is 79.9. The molecular weight excluding hydrogens is 358 g/mol. The van der Waals surface area contributed by atoms with Crippen LogP contribution in [0, 0.1) is 6.92 Å². The van der Waals surface area contributed by atoms with E-state index in [1.165, 1.54) is 6.21 Å². The zero-order valence-electron chi connectivity index (χ0n) is 12.5. The number of carbonyl (C=O) groups excluding carboxylic acids is 2. The summed E-state index contributed by atoms with van der Waals surface area (Å²) in [6.45, 7) is 1.71. The highest BCUT2D eigenvalue weighted by Crippen LogP contribution is 2.09. The van der Waals surface area contributed by atoms with Crippen molar-refractivity contribution >= 4 is 34.0 Å². The van der Waals surface area contributed by atoms with Crippen LogP contribution in [0.1, 0.15) is 21.5 Å². The van der Waals surface area contributed by atoms with Crippen molar-refractivity contribution in [2.24, 2.45) is 5.10 Å². The van der Waals surface area contributed by atoms with E-state index in [2.05, 4.69) is 31.8 Å². The first-order valence-corrected chi connectivity index (χ1v) is 7.77. The van der Waals surface area contributed by atoms with Gasteiger partial charge in [0.1, 0.15) is 0 Å². The van der Waals surface area contributed by atoms with Crippen molar-refractivity contribution in [1.29, 1.82) is 0 Å². The van der Waals surface area contributed by atoms with Crippen molar-refractivity contribution < 1.29 is 9.59 Å². The fourth-order valence-corrected chi connectivity index (χ4v) is 2.31. The van der Waals surface area contributed by atoms with Gasteiger partial charge in [-0.15, -0.1) is 0 Å². The number of nitrogens with zero attached hydrogens (tertiary/aromatic N) is 1. The van der Waals surface area contributed by atoms with Crippen molar-refractivity contribution in [3.63, 3.8) is 0 Å². The molecule has 6 heteroatoms. The predicted molar refractivity (Wildman–Crippen MR) is 93.4 cm³/mol. The molecule has 2 rings (SSSR count). The Morgan fingerprint density at radius 1 is 1.17 bits per heavy atom. The predicted octanol–water partition coefficient (Wildman–Crippen LogP) is 2.64. The van der Waals surface area contributed by atoms with Gasteiger partial charge in [-0.3, -0.25) is 9.59 Å². The van der Waals surface area contributed by atoms with Crippen molar-refractivity contribution in [2.75, 3.05) is 6.54 Å². The number of benzene rings is 2. The lowest BCUT2D eigenvalue weighted by Crippen LogP contribution is -2.35. The van der Waals surface area contributed by atoms with Crippen molar-refractivity contribution in [3.8, 4) is 0 Å². The van der Waals surface area contributed by atoms with Crippen LogP contribution in [-0.2, 0) is 4.79 Å². The van der Waals surface area contributed by atoms with Crippen molar-refractivity contribution in [2.45, 2.75) is 6.92 Å². The Kier molecular flexibility index (Phi) is 6.05. The van der Waals surface area contributed by atoms with E-state index in [-0.39, 0.29) is 12.5 Å². The molecule has 0 aliphatic heterocycles. The molecule has 5 nitrogen and oxygen atoms in total. The van der Waals surface area contributed by atoms with Gasteiger partial charge < -0.3 is 5.32 Å². The van der Waals surface area contributed by atoms with Gasteiger partial charge in [0.2, 0.25) is 0 Å². The summed E-state index contributed by atoms with van der Waals surface area (Å²) >= 11 is 3.36. The highest BCUT2D eigenvalue weighted by molar-refractivity contribution is 9.10. The molecule has 0 radical (unpaired) electrons. The molecular formula is C17H16BrN3O2. The van der Waals surface area contributed by atoms with Crippen LogP contribution in [0.15, 0.2) is 58.1 Å². The van der Waals surface area contributed by atoms with E-state index in [1.54, 1.807) is 12.1 Å². The fraction of sp³-hybridized carbons (Fsp3) is 0.118. The lowest BCUT2D eigenvalue weighted by Gasteiger charge is -2.06. The third-order valence-corrected chi connectivity index (χ3v) is 3.54. The van der Waals surface area contributed by atoms with Crippen molar-refractivity contribution in [3.05, 3.63) is 69.7 Å². The summed E-state index contributed by atoms with van der Waals surface area (Å²) in [7, 11) is 0. The van der Waals surface area contributed by atoms with Gasteiger partial charge in [0, 0.05) is 10.0 Å². The molecule has 0 unspecified atom stereocenters. The van der Waals surface area contributed by atoms with Crippen LogP contribution in [0.2, 0.25) is 0 Å². The van der Waals surface area contributed by atoms with Gasteiger partial charge in [-0.25, -0.2) is 5.43 Å². The molecule has 0 spiro atoms. The van der Waals surface area contributed by atoms with Crippen LogP contribution in [0.4, 0.5) is 0 Å². The first-order valence-electron chi connectivity index (χ1n) is 6.97. The van der Waals surface area contributed by atoms with Crippen molar-refractivity contribution in [1.82, 2.24) is 10.7 Å². The molecule has 2 aromatic carbocycles. The molecule has 0 heterocycles. The van der Waals surface area contributed by atoms with E-state index < -0.39 is 5.91 Å². The van der Waals surface area contributed by atoms with E-state index in [4.69, 9.17) is 0 Å². The Hall–Kier alpha value is -2.47. The molecule has 2 amide bonds. The molecule has 0 atom stereocenters. The van der Waals surface area contributed by atoms with Crippen LogP contribution >= 0.6 is 15.9 Å². The summed E-state index contributed by atoms with van der Waals surface area (Å²) in [5.74, 6) is -0.674. The lowest BCUT2D eigenvalue weighted by molar-refractivity contribution is -0.120. The van der Waals surface area contributed by atoms with Crippen LogP contribution in [-0.4, -0.2) is 24.6 Å². The van der Waals surface area contributed by atoms with E-state index in [1.807, 2.05) is 43.3 Å². The van der Waals surface area contributed by atoms with Crippen LogP contribution in [0.5, 0.6) is 0 Å². The number of amides is 2. The zero-order valence-corrected chi connectivity index (χ0v) is 14.1. The summed E-state index contributed by atoms with van der Waals surface area (Å²) in [5.41, 5.74) is 4.64. The lowest BCUT2D eigenvalue weighted by atomic mass is 10.1. The normalized spacial score (nSPS) is 10.5. The quantitative estimate of drug-likeness (QED) is 0.624. The molecule has 2 N–H and O–H groups in total. The topological polar surface area (TPSA) is 70.6 Å². The highest BCUT2D eigenvalue weighted by Gasteiger charge is 2.09. The molecule has 2 aromatic rings. The van der Waals surface area contributed by atoms with Gasteiger partial charge in [0.15, 0.2) is 0 Å². The monoisotopic (exact) mass is 373 g/mol. The van der Waals surface area contributed by atoms with E-state index in [9.17, 15) is 9.59 Å².